The van der Waals surface area contributed by atoms with E-state index in [1.54, 1.807) is 6.08 Å². The second-order valence-corrected chi connectivity index (χ2v) is 4.93. The Morgan fingerprint density at radius 2 is 1.26 bits per heavy atom. The van der Waals surface area contributed by atoms with Crippen molar-refractivity contribution in [3.63, 3.8) is 0 Å². The van der Waals surface area contributed by atoms with Crippen LogP contribution in [-0.4, -0.2) is 0 Å². The lowest BCUT2D eigenvalue weighted by Gasteiger charge is -2.12. The summed E-state index contributed by atoms with van der Waals surface area (Å²) in [5.74, 6) is 3.02. The molecule has 0 amide bonds. The van der Waals surface area contributed by atoms with Gasteiger partial charge in [-0.1, -0.05) is 48.6 Å². The van der Waals surface area contributed by atoms with Crippen LogP contribution in [0.25, 0.3) is 6.08 Å². The van der Waals surface area contributed by atoms with E-state index in [2.05, 4.69) is 6.92 Å². The Morgan fingerprint density at radius 1 is 0.652 bits per heavy atom. The van der Waals surface area contributed by atoms with Gasteiger partial charge in [-0.2, -0.15) is 0 Å². The molecule has 0 bridgehead atoms. The van der Waals surface area contributed by atoms with Gasteiger partial charge in [0.25, 0.3) is 0 Å². The van der Waals surface area contributed by atoms with Crippen LogP contribution in [0.4, 0.5) is 0 Å². The van der Waals surface area contributed by atoms with E-state index >= 15 is 0 Å². The van der Waals surface area contributed by atoms with Gasteiger partial charge in [-0.3, -0.25) is 0 Å². The summed E-state index contributed by atoms with van der Waals surface area (Å²) >= 11 is 0. The maximum Gasteiger partial charge on any atom is 0.138 e. The Labute approximate surface area is 136 Å². The normalized spacial score (nSPS) is 10.7. The third-order valence-electron chi connectivity index (χ3n) is 3.23. The van der Waals surface area contributed by atoms with Gasteiger partial charge in [0.15, 0.2) is 0 Å². The Hall–Kier alpha value is -3.00. The lowest BCUT2D eigenvalue weighted by atomic mass is 10.1. The molecule has 3 rings (SSSR count). The highest BCUT2D eigenvalue weighted by Crippen LogP contribution is 2.32. The van der Waals surface area contributed by atoms with E-state index < -0.39 is 0 Å². The summed E-state index contributed by atoms with van der Waals surface area (Å²) in [5, 5.41) is 0. The fourth-order valence-corrected chi connectivity index (χ4v) is 2.17. The molecule has 0 aliphatic heterocycles. The molecule has 0 spiro atoms. The average Bonchev–Trinajstić information content (AvgIpc) is 2.59. The summed E-state index contributed by atoms with van der Waals surface area (Å²) in [6.45, 7) is 3.75. The van der Waals surface area contributed by atoms with Gasteiger partial charge >= 0.3 is 0 Å². The first-order valence-corrected chi connectivity index (χ1v) is 7.41. The molecule has 0 saturated heterocycles. The van der Waals surface area contributed by atoms with Crippen LogP contribution in [0.3, 0.4) is 0 Å². The number of allylic oxidation sites excluding steroid dienone is 1. The number of ether oxygens (including phenoxy) is 2. The molecule has 0 atom stereocenters. The van der Waals surface area contributed by atoms with Gasteiger partial charge in [-0.05, 0) is 43.3 Å². The largest absolute Gasteiger partial charge is 0.457 e. The summed E-state index contributed by atoms with van der Waals surface area (Å²) < 4.78 is 11.9. The Kier molecular flexibility index (Phi) is 4.75. The molecule has 0 unspecified atom stereocenters. The standard InChI is InChI=1S/C21H17O2/c1-2-9-17-14-15-20(22-18-10-5-3-6-11-18)16-21(17)23-19-12-7-4-8-13-19/h2-16H,1H2/b9-2+. The average molecular weight is 301 g/mol. The molecule has 0 heterocycles. The van der Waals surface area contributed by atoms with Crippen molar-refractivity contribution >= 4 is 6.08 Å². The van der Waals surface area contributed by atoms with Crippen LogP contribution in [0, 0.1) is 6.92 Å². The quantitative estimate of drug-likeness (QED) is 0.565. The van der Waals surface area contributed by atoms with Crippen LogP contribution < -0.4 is 9.47 Å². The van der Waals surface area contributed by atoms with Crippen LogP contribution in [0.1, 0.15) is 5.56 Å². The maximum absolute atomic E-state index is 5.98. The van der Waals surface area contributed by atoms with Crippen LogP contribution in [0.15, 0.2) is 84.9 Å². The van der Waals surface area contributed by atoms with Gasteiger partial charge in [0.05, 0.1) is 0 Å². The molecule has 0 aliphatic carbocycles. The molecule has 0 aliphatic rings. The molecule has 0 saturated carbocycles. The molecule has 0 aromatic heterocycles. The van der Waals surface area contributed by atoms with Crippen molar-refractivity contribution in [1.82, 2.24) is 0 Å². The van der Waals surface area contributed by atoms with E-state index in [1.807, 2.05) is 84.9 Å². The first-order valence-electron chi connectivity index (χ1n) is 7.41. The molecule has 3 aromatic carbocycles. The van der Waals surface area contributed by atoms with E-state index in [0.29, 0.717) is 0 Å². The van der Waals surface area contributed by atoms with Crippen LogP contribution in [0.2, 0.25) is 0 Å². The van der Waals surface area contributed by atoms with Crippen molar-refractivity contribution in [1.29, 1.82) is 0 Å². The monoisotopic (exact) mass is 301 g/mol. The minimum absolute atomic E-state index is 0.725. The summed E-state index contributed by atoms with van der Waals surface area (Å²) in [6.07, 6.45) is 3.65. The van der Waals surface area contributed by atoms with Crippen molar-refractivity contribution in [3.8, 4) is 23.0 Å². The summed E-state index contributed by atoms with van der Waals surface area (Å²) in [4.78, 5) is 0. The Bertz CT molecular complexity index is 777. The van der Waals surface area contributed by atoms with Crippen molar-refractivity contribution in [3.05, 3.63) is 97.4 Å². The van der Waals surface area contributed by atoms with Crippen LogP contribution in [0.5, 0.6) is 23.0 Å². The number of rotatable bonds is 5. The molecule has 3 aromatic rings. The summed E-state index contributed by atoms with van der Waals surface area (Å²) in [6, 6.07) is 25.1. The minimum Gasteiger partial charge on any atom is -0.457 e. The molecule has 23 heavy (non-hydrogen) atoms. The zero-order valence-electron chi connectivity index (χ0n) is 12.7. The zero-order chi connectivity index (χ0) is 15.9. The molecule has 0 fully saturated rings. The molecule has 2 nitrogen and oxygen atoms in total. The fourth-order valence-electron chi connectivity index (χ4n) is 2.17. The molecular weight excluding hydrogens is 284 g/mol. The van der Waals surface area contributed by atoms with Gasteiger partial charge in [-0.25, -0.2) is 0 Å². The Morgan fingerprint density at radius 3 is 1.87 bits per heavy atom. The van der Waals surface area contributed by atoms with Gasteiger partial charge in [0.2, 0.25) is 0 Å². The van der Waals surface area contributed by atoms with Gasteiger partial charge in [-0.15, -0.1) is 0 Å². The van der Waals surface area contributed by atoms with Crippen molar-refractivity contribution in [2.45, 2.75) is 0 Å². The van der Waals surface area contributed by atoms with Crippen molar-refractivity contribution in [2.24, 2.45) is 0 Å². The second-order valence-electron chi connectivity index (χ2n) is 4.93. The molecule has 113 valence electrons. The van der Waals surface area contributed by atoms with Crippen molar-refractivity contribution in [2.75, 3.05) is 0 Å². The first-order chi connectivity index (χ1) is 11.3. The molecular formula is C21H17O2. The SMILES string of the molecule is [CH2]/C=C/c1ccc(Oc2ccccc2)cc1Oc1ccccc1. The van der Waals surface area contributed by atoms with E-state index in [4.69, 9.17) is 9.47 Å². The highest BCUT2D eigenvalue weighted by Gasteiger charge is 2.06. The van der Waals surface area contributed by atoms with Crippen LogP contribution >= 0.6 is 0 Å². The summed E-state index contributed by atoms with van der Waals surface area (Å²) in [5.41, 5.74) is 0.948. The molecule has 1 radical (unpaired) electrons. The predicted octanol–water partition coefficient (Wildman–Crippen LogP) is 6.12. The second kappa shape index (κ2) is 7.32. The third kappa shape index (κ3) is 4.01. The van der Waals surface area contributed by atoms with Gasteiger partial charge in [0.1, 0.15) is 23.0 Å². The third-order valence-corrected chi connectivity index (χ3v) is 3.23. The predicted molar refractivity (Wildman–Crippen MR) is 93.9 cm³/mol. The summed E-state index contributed by atoms with van der Waals surface area (Å²) in [7, 11) is 0. The van der Waals surface area contributed by atoms with Gasteiger partial charge in [0, 0.05) is 11.6 Å². The Balaban J connectivity index is 1.90. The topological polar surface area (TPSA) is 18.5 Å². The number of benzene rings is 3. The smallest absolute Gasteiger partial charge is 0.138 e. The molecule has 2 heteroatoms. The van der Waals surface area contributed by atoms with E-state index in [1.165, 1.54) is 0 Å². The maximum atomic E-state index is 5.98. The number of para-hydroxylation sites is 2. The van der Waals surface area contributed by atoms with E-state index in [-0.39, 0.29) is 0 Å². The van der Waals surface area contributed by atoms with Crippen molar-refractivity contribution < 1.29 is 9.47 Å². The zero-order valence-corrected chi connectivity index (χ0v) is 12.7. The number of hydrogen-bond donors (Lipinski definition) is 0. The molecule has 0 N–H and O–H groups in total. The van der Waals surface area contributed by atoms with Gasteiger partial charge < -0.3 is 9.47 Å². The first kappa shape index (κ1) is 14.9. The van der Waals surface area contributed by atoms with Crippen LogP contribution in [-0.2, 0) is 0 Å². The minimum atomic E-state index is 0.725. The fraction of sp³-hybridized carbons (Fsp3) is 0. The highest BCUT2D eigenvalue weighted by atomic mass is 16.5. The van der Waals surface area contributed by atoms with E-state index in [0.717, 1.165) is 28.6 Å². The lowest BCUT2D eigenvalue weighted by molar-refractivity contribution is 0.459. The highest BCUT2D eigenvalue weighted by molar-refractivity contribution is 5.60. The van der Waals surface area contributed by atoms with E-state index in [9.17, 15) is 0 Å². The lowest BCUT2D eigenvalue weighted by Crippen LogP contribution is -1.90. The number of hydrogen-bond acceptors (Lipinski definition) is 2.